The Hall–Kier alpha value is -1.34. The molecule has 0 unspecified atom stereocenters. The molecule has 3 N–H and O–H groups in total. The fourth-order valence-electron chi connectivity index (χ4n) is 1.49. The molecule has 5 heteroatoms. The largest absolute Gasteiger partial charge is 0.505 e. The molecule has 0 saturated carbocycles. The number of hydrogen-bond donors (Lipinski definition) is 3. The summed E-state index contributed by atoms with van der Waals surface area (Å²) in [7, 11) is 0. The van der Waals surface area contributed by atoms with Crippen LogP contribution in [0, 0.1) is 9.39 Å². The summed E-state index contributed by atoms with van der Waals surface area (Å²) < 4.78 is 13.8. The van der Waals surface area contributed by atoms with Crippen LogP contribution in [-0.2, 0) is 6.54 Å². The van der Waals surface area contributed by atoms with Crippen molar-refractivity contribution < 1.29 is 9.50 Å². The highest BCUT2D eigenvalue weighted by Gasteiger charge is 2.10. The van der Waals surface area contributed by atoms with Crippen LogP contribution in [0.15, 0.2) is 42.5 Å². The lowest BCUT2D eigenvalue weighted by Gasteiger charge is -2.10. The number of nitrogens with one attached hydrogen (secondary N) is 2. The van der Waals surface area contributed by atoms with Crippen molar-refractivity contribution in [2.24, 2.45) is 0 Å². The third-order valence-corrected chi connectivity index (χ3v) is 3.27. The fourth-order valence-corrected chi connectivity index (χ4v) is 1.92. The molecule has 94 valence electrons. The van der Waals surface area contributed by atoms with Gasteiger partial charge in [0, 0.05) is 17.8 Å². The molecule has 0 aromatic heterocycles. The molecule has 0 saturated heterocycles. The average Bonchev–Trinajstić information content (AvgIpc) is 2.40. The highest BCUT2D eigenvalue weighted by molar-refractivity contribution is 14.1. The molecule has 18 heavy (non-hydrogen) atoms. The number of rotatable bonds is 4. The highest BCUT2D eigenvalue weighted by Crippen LogP contribution is 2.25. The first-order chi connectivity index (χ1) is 8.68. The number of aromatic hydroxyl groups is 1. The summed E-state index contributed by atoms with van der Waals surface area (Å²) in [6.45, 7) is 0.328. The first kappa shape index (κ1) is 13.1. The van der Waals surface area contributed by atoms with Crippen LogP contribution in [-0.4, -0.2) is 5.11 Å². The lowest BCUT2D eigenvalue weighted by molar-refractivity contribution is 0.422. The monoisotopic (exact) mass is 358 g/mol. The van der Waals surface area contributed by atoms with Gasteiger partial charge in [-0.05, 0) is 40.8 Å². The standard InChI is InChI=1S/C13H12FIN2O/c14-12-11(15)7-6-9(13(12)18)8-16-17-10-4-2-1-3-5-10/h1-7,16-18H,8H2. The van der Waals surface area contributed by atoms with Crippen LogP contribution >= 0.6 is 22.6 Å². The van der Waals surface area contributed by atoms with E-state index in [2.05, 4.69) is 10.9 Å². The minimum absolute atomic E-state index is 0.302. The lowest BCUT2D eigenvalue weighted by atomic mass is 10.2. The first-order valence-electron chi connectivity index (χ1n) is 5.38. The summed E-state index contributed by atoms with van der Waals surface area (Å²) in [6, 6.07) is 12.9. The number of hydrazine groups is 1. The summed E-state index contributed by atoms with van der Waals surface area (Å²) >= 11 is 1.84. The Labute approximate surface area is 118 Å². The number of anilines is 1. The second-order valence-corrected chi connectivity index (χ2v) is 4.88. The average molecular weight is 358 g/mol. The van der Waals surface area contributed by atoms with Crippen molar-refractivity contribution in [3.05, 3.63) is 57.4 Å². The van der Waals surface area contributed by atoms with Gasteiger partial charge in [-0.2, -0.15) is 0 Å². The van der Waals surface area contributed by atoms with E-state index in [9.17, 15) is 9.50 Å². The Balaban J connectivity index is 1.97. The van der Waals surface area contributed by atoms with E-state index in [0.29, 0.717) is 15.7 Å². The summed E-state index contributed by atoms with van der Waals surface area (Å²) in [5.74, 6) is -0.876. The Kier molecular flexibility index (Phi) is 4.38. The van der Waals surface area contributed by atoms with Gasteiger partial charge in [0.05, 0.1) is 3.57 Å². The molecule has 0 heterocycles. The second kappa shape index (κ2) is 6.01. The van der Waals surface area contributed by atoms with Crippen molar-refractivity contribution in [2.75, 3.05) is 5.43 Å². The van der Waals surface area contributed by atoms with E-state index in [1.165, 1.54) is 0 Å². The van der Waals surface area contributed by atoms with Crippen molar-refractivity contribution in [3.8, 4) is 5.75 Å². The Bertz CT molecular complexity index is 534. The summed E-state index contributed by atoms with van der Waals surface area (Å²) in [6.07, 6.45) is 0. The van der Waals surface area contributed by atoms with Gasteiger partial charge in [-0.15, -0.1) is 0 Å². The van der Waals surface area contributed by atoms with Crippen molar-refractivity contribution in [3.63, 3.8) is 0 Å². The first-order valence-corrected chi connectivity index (χ1v) is 6.46. The van der Waals surface area contributed by atoms with E-state index >= 15 is 0 Å². The van der Waals surface area contributed by atoms with Crippen molar-refractivity contribution >= 4 is 28.3 Å². The van der Waals surface area contributed by atoms with E-state index in [0.717, 1.165) is 5.69 Å². The van der Waals surface area contributed by atoms with Gasteiger partial charge in [0.1, 0.15) is 0 Å². The van der Waals surface area contributed by atoms with Crippen LogP contribution in [0.3, 0.4) is 0 Å². The Morgan fingerprint density at radius 2 is 1.83 bits per heavy atom. The Morgan fingerprint density at radius 3 is 2.56 bits per heavy atom. The zero-order valence-electron chi connectivity index (χ0n) is 9.45. The third-order valence-electron chi connectivity index (χ3n) is 2.44. The SMILES string of the molecule is Oc1c(CNNc2ccccc2)ccc(I)c1F. The molecule has 0 bridgehead atoms. The van der Waals surface area contributed by atoms with Gasteiger partial charge in [0.2, 0.25) is 0 Å². The predicted octanol–water partition coefficient (Wildman–Crippen LogP) is 3.25. The molecule has 2 aromatic carbocycles. The summed E-state index contributed by atoms with van der Waals surface area (Å²) in [5, 5.41) is 9.63. The van der Waals surface area contributed by atoms with Gasteiger partial charge in [-0.3, -0.25) is 0 Å². The molecule has 0 atom stereocenters. The lowest BCUT2D eigenvalue weighted by Crippen LogP contribution is -2.21. The van der Waals surface area contributed by atoms with E-state index in [4.69, 9.17) is 0 Å². The number of hydrogen-bond acceptors (Lipinski definition) is 3. The number of benzene rings is 2. The highest BCUT2D eigenvalue weighted by atomic mass is 127. The van der Waals surface area contributed by atoms with E-state index in [1.54, 1.807) is 12.1 Å². The minimum Gasteiger partial charge on any atom is -0.505 e. The van der Waals surface area contributed by atoms with Crippen LogP contribution < -0.4 is 10.9 Å². The number of halogens is 2. The van der Waals surface area contributed by atoms with Gasteiger partial charge in [-0.25, -0.2) is 9.82 Å². The van der Waals surface area contributed by atoms with Gasteiger partial charge in [-0.1, -0.05) is 24.3 Å². The predicted molar refractivity (Wildman–Crippen MR) is 77.7 cm³/mol. The van der Waals surface area contributed by atoms with Crippen molar-refractivity contribution in [1.82, 2.24) is 5.43 Å². The molecule has 3 nitrogen and oxygen atoms in total. The maximum atomic E-state index is 13.4. The quantitative estimate of drug-likeness (QED) is 0.581. The van der Waals surface area contributed by atoms with Crippen LogP contribution in [0.4, 0.5) is 10.1 Å². The van der Waals surface area contributed by atoms with E-state index < -0.39 is 5.82 Å². The van der Waals surface area contributed by atoms with Gasteiger partial charge >= 0.3 is 0 Å². The molecule has 0 fully saturated rings. The maximum absolute atomic E-state index is 13.4. The molecule has 0 amide bonds. The molecule has 0 spiro atoms. The van der Waals surface area contributed by atoms with E-state index in [-0.39, 0.29) is 5.75 Å². The topological polar surface area (TPSA) is 44.3 Å². The fraction of sp³-hybridized carbons (Fsp3) is 0.0769. The zero-order valence-corrected chi connectivity index (χ0v) is 11.6. The van der Waals surface area contributed by atoms with Crippen LogP contribution in [0.25, 0.3) is 0 Å². The molecular formula is C13H12FIN2O. The summed E-state index contributed by atoms with van der Waals surface area (Å²) in [4.78, 5) is 0. The molecule has 0 radical (unpaired) electrons. The Morgan fingerprint density at radius 1 is 1.11 bits per heavy atom. The zero-order chi connectivity index (χ0) is 13.0. The number of phenolic OH excluding ortho intramolecular Hbond substituents is 1. The van der Waals surface area contributed by atoms with E-state index in [1.807, 2.05) is 52.9 Å². The third kappa shape index (κ3) is 3.11. The molecule has 2 aromatic rings. The van der Waals surface area contributed by atoms with Gasteiger partial charge < -0.3 is 10.5 Å². The summed E-state index contributed by atoms with van der Waals surface area (Å²) in [5.41, 5.74) is 7.31. The normalized spacial score (nSPS) is 10.3. The molecule has 0 aliphatic carbocycles. The smallest absolute Gasteiger partial charge is 0.178 e. The van der Waals surface area contributed by atoms with Gasteiger partial charge in [0.25, 0.3) is 0 Å². The molecule has 2 rings (SSSR count). The molecular weight excluding hydrogens is 346 g/mol. The number of para-hydroxylation sites is 1. The molecule has 0 aliphatic heterocycles. The second-order valence-electron chi connectivity index (χ2n) is 3.71. The number of phenols is 1. The van der Waals surface area contributed by atoms with Crippen LogP contribution in [0.5, 0.6) is 5.75 Å². The maximum Gasteiger partial charge on any atom is 0.178 e. The van der Waals surface area contributed by atoms with Crippen LogP contribution in [0.2, 0.25) is 0 Å². The van der Waals surface area contributed by atoms with Crippen LogP contribution in [0.1, 0.15) is 5.56 Å². The van der Waals surface area contributed by atoms with Crippen molar-refractivity contribution in [1.29, 1.82) is 0 Å². The van der Waals surface area contributed by atoms with Crippen molar-refractivity contribution in [2.45, 2.75) is 6.54 Å². The minimum atomic E-state index is -0.574. The molecule has 0 aliphatic rings. The van der Waals surface area contributed by atoms with Gasteiger partial charge in [0.15, 0.2) is 11.6 Å².